The number of pyridine rings is 1. The summed E-state index contributed by atoms with van der Waals surface area (Å²) in [5.74, 6) is 0.856. The Balaban J connectivity index is 2.48. The number of rotatable bonds is 4. The summed E-state index contributed by atoms with van der Waals surface area (Å²) in [6, 6.07) is 6.74. The Kier molecular flexibility index (Phi) is 3.54. The number of ether oxygens (including phenoxy) is 1. The van der Waals surface area contributed by atoms with Gasteiger partial charge in [0.15, 0.2) is 0 Å². The summed E-state index contributed by atoms with van der Waals surface area (Å²) in [6.45, 7) is 1.55. The highest BCUT2D eigenvalue weighted by Gasteiger charge is 1.99. The van der Waals surface area contributed by atoms with Gasteiger partial charge in [0, 0.05) is 33.0 Å². The lowest BCUT2D eigenvalue weighted by molar-refractivity contribution is 0.206. The molecule has 0 amide bonds. The second-order valence-electron chi connectivity index (χ2n) is 2.52. The van der Waals surface area contributed by atoms with Crippen LogP contribution in [0.2, 0.25) is 0 Å². The quantitative estimate of drug-likeness (QED) is 0.664. The first-order valence-electron chi connectivity index (χ1n) is 3.87. The molecule has 3 heteroatoms. The summed E-state index contributed by atoms with van der Waals surface area (Å²) in [5.41, 5.74) is 0. The lowest BCUT2D eigenvalue weighted by atomic mass is 10.4. The number of nitrogens with zero attached hydrogens (tertiary/aromatic N) is 2. The van der Waals surface area contributed by atoms with Gasteiger partial charge >= 0.3 is 0 Å². The van der Waals surface area contributed by atoms with Gasteiger partial charge in [-0.15, -0.1) is 0 Å². The van der Waals surface area contributed by atoms with Crippen molar-refractivity contribution in [3.8, 4) is 0 Å². The number of aromatic nitrogens is 1. The molecule has 0 bridgehead atoms. The number of likely N-dealkylation sites (N-methyl/N-ethyl adjacent to an activating group) is 1. The third-order valence-electron chi connectivity index (χ3n) is 1.58. The van der Waals surface area contributed by atoms with E-state index in [2.05, 4.69) is 11.1 Å². The summed E-state index contributed by atoms with van der Waals surface area (Å²) in [5, 5.41) is 0. The van der Waals surface area contributed by atoms with Crippen LogP contribution in [0.3, 0.4) is 0 Å². The normalized spacial score (nSPS) is 9.83. The molecule has 0 fully saturated rings. The summed E-state index contributed by atoms with van der Waals surface area (Å²) in [4.78, 5) is 6.15. The molecule has 0 saturated heterocycles. The first kappa shape index (κ1) is 9.00. The minimum absolute atomic E-state index is 0.709. The van der Waals surface area contributed by atoms with E-state index in [0.29, 0.717) is 6.61 Å². The average molecular weight is 165 g/mol. The van der Waals surface area contributed by atoms with Crippen molar-refractivity contribution in [3.63, 3.8) is 0 Å². The summed E-state index contributed by atoms with van der Waals surface area (Å²) in [7, 11) is 3.66. The van der Waals surface area contributed by atoms with Gasteiger partial charge in [0.05, 0.1) is 6.61 Å². The molecule has 0 aliphatic carbocycles. The highest BCUT2D eigenvalue weighted by Crippen LogP contribution is 2.04. The van der Waals surface area contributed by atoms with Gasteiger partial charge in [0.25, 0.3) is 0 Å². The summed E-state index contributed by atoms with van der Waals surface area (Å²) in [6.07, 6.45) is 1.76. The van der Waals surface area contributed by atoms with Crippen LogP contribution in [0.25, 0.3) is 0 Å². The van der Waals surface area contributed by atoms with E-state index in [0.717, 1.165) is 12.4 Å². The van der Waals surface area contributed by atoms with Gasteiger partial charge in [-0.05, 0) is 12.1 Å². The van der Waals surface area contributed by atoms with Crippen molar-refractivity contribution in [1.29, 1.82) is 0 Å². The van der Waals surface area contributed by atoms with Crippen LogP contribution >= 0.6 is 0 Å². The maximum absolute atomic E-state index is 4.95. The largest absolute Gasteiger partial charge is 0.383 e. The summed E-state index contributed by atoms with van der Waals surface area (Å²) >= 11 is 0. The molecule has 3 nitrogen and oxygen atoms in total. The van der Waals surface area contributed by atoms with E-state index in [4.69, 9.17) is 4.74 Å². The van der Waals surface area contributed by atoms with Crippen molar-refractivity contribution < 1.29 is 4.74 Å². The topological polar surface area (TPSA) is 25.4 Å². The number of anilines is 1. The predicted octanol–water partition coefficient (Wildman–Crippen LogP) is 0.964. The van der Waals surface area contributed by atoms with Gasteiger partial charge in [0.2, 0.25) is 0 Å². The van der Waals surface area contributed by atoms with Crippen molar-refractivity contribution in [2.24, 2.45) is 0 Å². The third-order valence-corrected chi connectivity index (χ3v) is 1.58. The molecule has 0 unspecified atom stereocenters. The highest BCUT2D eigenvalue weighted by molar-refractivity contribution is 5.34. The number of hydrogen-bond donors (Lipinski definition) is 0. The molecule has 0 aromatic carbocycles. The molecule has 0 spiro atoms. The average Bonchev–Trinajstić information content (AvgIpc) is 2.15. The Morgan fingerprint density at radius 3 is 3.08 bits per heavy atom. The zero-order valence-electron chi connectivity index (χ0n) is 7.45. The number of hydrogen-bond acceptors (Lipinski definition) is 3. The maximum Gasteiger partial charge on any atom is 0.136 e. The van der Waals surface area contributed by atoms with Crippen LogP contribution in [0.4, 0.5) is 5.82 Å². The zero-order chi connectivity index (χ0) is 8.81. The van der Waals surface area contributed by atoms with Crippen LogP contribution < -0.4 is 4.90 Å². The molecule has 1 rings (SSSR count). The molecule has 12 heavy (non-hydrogen) atoms. The van der Waals surface area contributed by atoms with Crippen molar-refractivity contribution >= 4 is 5.82 Å². The summed E-state index contributed by atoms with van der Waals surface area (Å²) < 4.78 is 4.95. The Morgan fingerprint density at radius 2 is 2.50 bits per heavy atom. The molecule has 0 saturated carbocycles. The lowest BCUT2D eigenvalue weighted by Crippen LogP contribution is -2.22. The standard InChI is InChI=1S/C9H13N2O/c1-11(7-8-12-2)9-5-3-4-6-10-9/h3-4,6H,7-8H2,1-2H3. The first-order valence-corrected chi connectivity index (χ1v) is 3.87. The fraction of sp³-hybridized carbons (Fsp3) is 0.444. The third kappa shape index (κ3) is 2.51. The van der Waals surface area contributed by atoms with E-state index in [1.165, 1.54) is 0 Å². The molecule has 0 atom stereocenters. The van der Waals surface area contributed by atoms with E-state index in [1.807, 2.05) is 24.1 Å². The molecule has 65 valence electrons. The molecule has 1 radical (unpaired) electrons. The van der Waals surface area contributed by atoms with Gasteiger partial charge in [0.1, 0.15) is 5.82 Å². The SMILES string of the molecule is COCCN(C)c1[c]cccn1. The van der Waals surface area contributed by atoms with Crippen LogP contribution in [0.5, 0.6) is 0 Å². The van der Waals surface area contributed by atoms with Gasteiger partial charge < -0.3 is 9.64 Å². The van der Waals surface area contributed by atoms with Crippen molar-refractivity contribution in [2.45, 2.75) is 0 Å². The zero-order valence-corrected chi connectivity index (χ0v) is 7.45. The molecular formula is C9H13N2O. The fourth-order valence-electron chi connectivity index (χ4n) is 0.859. The first-order chi connectivity index (χ1) is 5.84. The van der Waals surface area contributed by atoms with Crippen molar-refractivity contribution in [1.82, 2.24) is 4.98 Å². The molecule has 0 N–H and O–H groups in total. The minimum atomic E-state index is 0.709. The van der Waals surface area contributed by atoms with Crippen LogP contribution in [-0.2, 0) is 4.74 Å². The van der Waals surface area contributed by atoms with E-state index in [9.17, 15) is 0 Å². The van der Waals surface area contributed by atoms with Crippen LogP contribution in [0.15, 0.2) is 18.3 Å². The lowest BCUT2D eigenvalue weighted by Gasteiger charge is -2.16. The minimum Gasteiger partial charge on any atom is -0.383 e. The van der Waals surface area contributed by atoms with Crippen molar-refractivity contribution in [3.05, 3.63) is 24.4 Å². The molecule has 0 aliphatic heterocycles. The van der Waals surface area contributed by atoms with E-state index in [-0.39, 0.29) is 0 Å². The Morgan fingerprint density at radius 1 is 1.67 bits per heavy atom. The molecule has 1 aromatic heterocycles. The van der Waals surface area contributed by atoms with E-state index in [1.54, 1.807) is 13.3 Å². The van der Waals surface area contributed by atoms with E-state index < -0.39 is 0 Å². The molecule has 1 aromatic rings. The Hall–Kier alpha value is -1.09. The maximum atomic E-state index is 4.95. The highest BCUT2D eigenvalue weighted by atomic mass is 16.5. The van der Waals surface area contributed by atoms with Gasteiger partial charge in [-0.3, -0.25) is 0 Å². The van der Waals surface area contributed by atoms with Gasteiger partial charge in [-0.1, -0.05) is 0 Å². The molecule has 1 heterocycles. The van der Waals surface area contributed by atoms with E-state index >= 15 is 0 Å². The molecule has 0 aliphatic rings. The van der Waals surface area contributed by atoms with Crippen LogP contribution in [-0.4, -0.2) is 32.3 Å². The Labute approximate surface area is 73.0 Å². The monoisotopic (exact) mass is 165 g/mol. The van der Waals surface area contributed by atoms with Crippen LogP contribution in [0, 0.1) is 6.07 Å². The smallest absolute Gasteiger partial charge is 0.136 e. The second-order valence-corrected chi connectivity index (χ2v) is 2.52. The predicted molar refractivity (Wildman–Crippen MR) is 48.2 cm³/mol. The van der Waals surface area contributed by atoms with Gasteiger partial charge in [-0.25, -0.2) is 4.98 Å². The molecular weight excluding hydrogens is 152 g/mol. The van der Waals surface area contributed by atoms with Gasteiger partial charge in [-0.2, -0.15) is 0 Å². The Bertz CT molecular complexity index is 213. The fourth-order valence-corrected chi connectivity index (χ4v) is 0.859. The van der Waals surface area contributed by atoms with Crippen LogP contribution in [0.1, 0.15) is 0 Å². The second kappa shape index (κ2) is 4.72. The number of methoxy groups -OCH3 is 1. The van der Waals surface area contributed by atoms with Crippen molar-refractivity contribution in [2.75, 3.05) is 32.2 Å².